The van der Waals surface area contributed by atoms with Gasteiger partial charge in [-0.25, -0.2) is 0 Å². The Kier molecular flexibility index (Phi) is 6.32. The van der Waals surface area contributed by atoms with Crippen molar-refractivity contribution >= 4 is 5.96 Å². The molecule has 1 aromatic rings. The lowest BCUT2D eigenvalue weighted by Gasteiger charge is -2.37. The number of morpholine rings is 1. The molecule has 3 rings (SSSR count). The summed E-state index contributed by atoms with van der Waals surface area (Å²) in [6.45, 7) is 8.57. The summed E-state index contributed by atoms with van der Waals surface area (Å²) in [5, 5.41) is 3.54. The van der Waals surface area contributed by atoms with Crippen LogP contribution in [0.25, 0.3) is 0 Å². The van der Waals surface area contributed by atoms with Gasteiger partial charge in [-0.2, -0.15) is 0 Å². The highest BCUT2D eigenvalue weighted by molar-refractivity contribution is 5.80. The lowest BCUT2D eigenvalue weighted by atomic mass is 10.0. The summed E-state index contributed by atoms with van der Waals surface area (Å²) >= 11 is 0. The number of hydrogen-bond donors (Lipinski definition) is 1. The van der Waals surface area contributed by atoms with Crippen molar-refractivity contribution in [3.63, 3.8) is 0 Å². The summed E-state index contributed by atoms with van der Waals surface area (Å²) in [4.78, 5) is 6.79. The highest BCUT2D eigenvalue weighted by Gasteiger charge is 2.32. The van der Waals surface area contributed by atoms with Gasteiger partial charge in [-0.3, -0.25) is 4.99 Å². The van der Waals surface area contributed by atoms with Gasteiger partial charge in [-0.1, -0.05) is 36.8 Å². The van der Waals surface area contributed by atoms with Crippen LogP contribution in [0.2, 0.25) is 0 Å². The maximum atomic E-state index is 5.94. The Hall–Kier alpha value is -1.59. The first-order valence-electron chi connectivity index (χ1n) is 9.42. The Morgan fingerprint density at radius 3 is 2.68 bits per heavy atom. The molecule has 1 N–H and O–H groups in total. The van der Waals surface area contributed by atoms with E-state index in [4.69, 9.17) is 9.47 Å². The maximum Gasteiger partial charge on any atom is 0.193 e. The fourth-order valence-corrected chi connectivity index (χ4v) is 3.58. The van der Waals surface area contributed by atoms with E-state index in [1.807, 2.05) is 7.05 Å². The van der Waals surface area contributed by atoms with E-state index >= 15 is 0 Å². The minimum Gasteiger partial charge on any atom is -0.375 e. The molecule has 0 aliphatic carbocycles. The van der Waals surface area contributed by atoms with Crippen LogP contribution < -0.4 is 5.32 Å². The van der Waals surface area contributed by atoms with Gasteiger partial charge in [-0.15, -0.1) is 0 Å². The number of aryl methyl sites for hydroxylation is 1. The van der Waals surface area contributed by atoms with Crippen molar-refractivity contribution in [1.29, 1.82) is 0 Å². The third-order valence-corrected chi connectivity index (χ3v) is 5.20. The molecule has 2 heterocycles. The summed E-state index contributed by atoms with van der Waals surface area (Å²) in [7, 11) is 1.86. The van der Waals surface area contributed by atoms with Crippen LogP contribution in [0.5, 0.6) is 0 Å². The van der Waals surface area contributed by atoms with Crippen LogP contribution >= 0.6 is 0 Å². The normalized spacial score (nSPS) is 25.9. The topological polar surface area (TPSA) is 46.1 Å². The summed E-state index contributed by atoms with van der Waals surface area (Å²) in [6.07, 6.45) is 2.65. The second kappa shape index (κ2) is 8.68. The van der Waals surface area contributed by atoms with Gasteiger partial charge in [0.05, 0.1) is 12.7 Å². The molecule has 25 heavy (non-hydrogen) atoms. The van der Waals surface area contributed by atoms with E-state index in [0.717, 1.165) is 51.6 Å². The fourth-order valence-electron chi connectivity index (χ4n) is 3.58. The zero-order chi connectivity index (χ0) is 17.6. The van der Waals surface area contributed by atoms with Gasteiger partial charge in [0.1, 0.15) is 6.10 Å². The maximum absolute atomic E-state index is 5.94. The number of hydrogen-bond acceptors (Lipinski definition) is 3. The molecule has 0 bridgehead atoms. The van der Waals surface area contributed by atoms with E-state index in [1.165, 1.54) is 11.1 Å². The molecule has 2 fully saturated rings. The largest absolute Gasteiger partial charge is 0.375 e. The molecule has 0 aromatic heterocycles. The van der Waals surface area contributed by atoms with E-state index < -0.39 is 0 Å². The molecule has 3 unspecified atom stereocenters. The lowest BCUT2D eigenvalue weighted by Crippen LogP contribution is -2.53. The monoisotopic (exact) mass is 345 g/mol. The SMILES string of the molecule is CN=C(NCC(C)c1ccc(C)cc1)N1CCOC(C2CCCO2)C1. The molecule has 0 amide bonds. The number of aliphatic imine (C=N–C) groups is 1. The second-order valence-corrected chi connectivity index (χ2v) is 7.15. The van der Waals surface area contributed by atoms with Gasteiger partial charge < -0.3 is 19.7 Å². The van der Waals surface area contributed by atoms with Crippen molar-refractivity contribution in [2.75, 3.05) is 39.9 Å². The van der Waals surface area contributed by atoms with Crippen molar-refractivity contribution in [2.24, 2.45) is 4.99 Å². The van der Waals surface area contributed by atoms with Gasteiger partial charge in [0.2, 0.25) is 0 Å². The predicted molar refractivity (Wildman–Crippen MR) is 101 cm³/mol. The Morgan fingerprint density at radius 1 is 1.24 bits per heavy atom. The number of nitrogens with zero attached hydrogens (tertiary/aromatic N) is 2. The molecule has 0 spiro atoms. The van der Waals surface area contributed by atoms with Gasteiger partial charge in [0.15, 0.2) is 5.96 Å². The smallest absolute Gasteiger partial charge is 0.193 e. The average Bonchev–Trinajstić information content (AvgIpc) is 3.18. The molecule has 0 saturated carbocycles. The van der Waals surface area contributed by atoms with Gasteiger partial charge in [0, 0.05) is 33.3 Å². The Labute approximate surface area is 151 Å². The average molecular weight is 345 g/mol. The summed E-state index contributed by atoms with van der Waals surface area (Å²) in [5.74, 6) is 1.40. The van der Waals surface area contributed by atoms with Crippen LogP contribution in [-0.4, -0.2) is 63.0 Å². The summed E-state index contributed by atoms with van der Waals surface area (Å²) in [5.41, 5.74) is 2.65. The minimum atomic E-state index is 0.157. The zero-order valence-corrected chi connectivity index (χ0v) is 15.7. The number of nitrogens with one attached hydrogen (secondary N) is 1. The number of benzene rings is 1. The van der Waals surface area contributed by atoms with E-state index in [0.29, 0.717) is 5.92 Å². The van der Waals surface area contributed by atoms with Crippen molar-refractivity contribution in [2.45, 2.75) is 44.8 Å². The van der Waals surface area contributed by atoms with Crippen LogP contribution in [0.1, 0.15) is 36.8 Å². The Balaban J connectivity index is 1.53. The predicted octanol–water partition coefficient (Wildman–Crippen LogP) is 2.55. The van der Waals surface area contributed by atoms with Crippen LogP contribution in [-0.2, 0) is 9.47 Å². The highest BCUT2D eigenvalue weighted by atomic mass is 16.5. The Morgan fingerprint density at radius 2 is 2.00 bits per heavy atom. The number of ether oxygens (including phenoxy) is 2. The quantitative estimate of drug-likeness (QED) is 0.673. The lowest BCUT2D eigenvalue weighted by molar-refractivity contribution is -0.0817. The third kappa shape index (κ3) is 4.73. The molecular formula is C20H31N3O2. The van der Waals surface area contributed by atoms with E-state index in [2.05, 4.69) is 53.3 Å². The van der Waals surface area contributed by atoms with Crippen LogP contribution in [0.15, 0.2) is 29.3 Å². The minimum absolute atomic E-state index is 0.157. The summed E-state index contributed by atoms with van der Waals surface area (Å²) in [6, 6.07) is 8.78. The molecule has 2 aliphatic heterocycles. The molecular weight excluding hydrogens is 314 g/mol. The molecule has 3 atom stereocenters. The van der Waals surface area contributed by atoms with Crippen LogP contribution in [0.4, 0.5) is 0 Å². The third-order valence-electron chi connectivity index (χ3n) is 5.20. The zero-order valence-electron chi connectivity index (χ0n) is 15.7. The van der Waals surface area contributed by atoms with Crippen molar-refractivity contribution in [1.82, 2.24) is 10.2 Å². The van der Waals surface area contributed by atoms with E-state index in [-0.39, 0.29) is 12.2 Å². The first-order chi connectivity index (χ1) is 12.2. The van der Waals surface area contributed by atoms with E-state index in [9.17, 15) is 0 Å². The number of rotatable bonds is 4. The molecule has 5 heteroatoms. The molecule has 5 nitrogen and oxygen atoms in total. The van der Waals surface area contributed by atoms with Gasteiger partial charge in [0.25, 0.3) is 0 Å². The van der Waals surface area contributed by atoms with Gasteiger partial charge >= 0.3 is 0 Å². The number of guanidine groups is 1. The first-order valence-corrected chi connectivity index (χ1v) is 9.42. The molecule has 1 aromatic carbocycles. The first kappa shape index (κ1) is 18.2. The highest BCUT2D eigenvalue weighted by Crippen LogP contribution is 2.21. The van der Waals surface area contributed by atoms with E-state index in [1.54, 1.807) is 0 Å². The standard InChI is InChI=1S/C20H31N3O2/c1-15-6-8-17(9-7-15)16(2)13-22-20(21-3)23-10-12-25-19(14-23)18-5-4-11-24-18/h6-9,16,18-19H,4-5,10-14H2,1-3H3,(H,21,22). The fraction of sp³-hybridized carbons (Fsp3) is 0.650. The van der Waals surface area contributed by atoms with Crippen LogP contribution in [0.3, 0.4) is 0 Å². The second-order valence-electron chi connectivity index (χ2n) is 7.15. The summed E-state index contributed by atoms with van der Waals surface area (Å²) < 4.78 is 11.8. The van der Waals surface area contributed by atoms with Gasteiger partial charge in [-0.05, 0) is 31.2 Å². The van der Waals surface area contributed by atoms with Crippen molar-refractivity contribution in [3.05, 3.63) is 35.4 Å². The molecule has 2 aliphatic rings. The molecule has 2 saturated heterocycles. The Bertz CT molecular complexity index is 567. The van der Waals surface area contributed by atoms with Crippen molar-refractivity contribution in [3.8, 4) is 0 Å². The van der Waals surface area contributed by atoms with Crippen molar-refractivity contribution < 1.29 is 9.47 Å². The molecule has 0 radical (unpaired) electrons. The van der Waals surface area contributed by atoms with Crippen LogP contribution in [0, 0.1) is 6.92 Å². The molecule has 138 valence electrons.